The summed E-state index contributed by atoms with van der Waals surface area (Å²) in [5, 5.41) is 2.94. The fourth-order valence-electron chi connectivity index (χ4n) is 1.87. The summed E-state index contributed by atoms with van der Waals surface area (Å²) < 4.78 is 13.2. The first-order valence-electron chi connectivity index (χ1n) is 6.42. The molecule has 0 bridgehead atoms. The largest absolute Gasteiger partial charge is 0.372 e. The number of carbonyl (C=O) groups excluding carboxylic acids is 1. The van der Waals surface area contributed by atoms with Crippen LogP contribution in [0.5, 0.6) is 0 Å². The van der Waals surface area contributed by atoms with E-state index in [2.05, 4.69) is 5.32 Å². The molecule has 0 spiro atoms. The Balaban J connectivity index is 2.76. The Labute approximate surface area is 113 Å². The molecule has 0 saturated heterocycles. The van der Waals surface area contributed by atoms with E-state index in [1.165, 1.54) is 12.1 Å². The number of benzene rings is 1. The van der Waals surface area contributed by atoms with Gasteiger partial charge in [-0.05, 0) is 45.5 Å². The summed E-state index contributed by atoms with van der Waals surface area (Å²) in [6.07, 6.45) is 0.559. The van der Waals surface area contributed by atoms with Crippen molar-refractivity contribution in [1.82, 2.24) is 5.32 Å². The molecule has 1 aromatic carbocycles. The van der Waals surface area contributed by atoms with Crippen molar-refractivity contribution in [2.24, 2.45) is 5.73 Å². The number of hydrogen-bond acceptors (Lipinski definition) is 3. The standard InChI is InChI=1S/C14H22FN3O/c1-4-18(12-7-5-6-11(15)10-12)9-8-14(2,17-3)13(16)19/h5-7,10,17H,4,8-9H2,1-3H3,(H2,16,19). The van der Waals surface area contributed by atoms with E-state index in [4.69, 9.17) is 5.73 Å². The van der Waals surface area contributed by atoms with Gasteiger partial charge in [-0.15, -0.1) is 0 Å². The minimum atomic E-state index is -0.749. The maximum atomic E-state index is 13.2. The molecule has 0 fully saturated rings. The number of anilines is 1. The summed E-state index contributed by atoms with van der Waals surface area (Å²) in [4.78, 5) is 13.4. The molecule has 0 radical (unpaired) electrons. The van der Waals surface area contributed by atoms with E-state index < -0.39 is 5.54 Å². The predicted molar refractivity (Wildman–Crippen MR) is 75.6 cm³/mol. The van der Waals surface area contributed by atoms with E-state index in [0.29, 0.717) is 13.0 Å². The van der Waals surface area contributed by atoms with Gasteiger partial charge in [-0.25, -0.2) is 4.39 Å². The molecule has 1 amide bonds. The third-order valence-corrected chi connectivity index (χ3v) is 3.53. The Morgan fingerprint density at radius 3 is 2.68 bits per heavy atom. The number of primary amides is 1. The molecular weight excluding hydrogens is 245 g/mol. The van der Waals surface area contributed by atoms with Crippen molar-refractivity contribution in [3.05, 3.63) is 30.1 Å². The fraction of sp³-hybridized carbons (Fsp3) is 0.500. The van der Waals surface area contributed by atoms with Crippen molar-refractivity contribution in [2.75, 3.05) is 25.0 Å². The summed E-state index contributed by atoms with van der Waals surface area (Å²) in [5.41, 5.74) is 5.45. The van der Waals surface area contributed by atoms with E-state index in [9.17, 15) is 9.18 Å². The quantitative estimate of drug-likeness (QED) is 0.787. The summed E-state index contributed by atoms with van der Waals surface area (Å²) >= 11 is 0. The van der Waals surface area contributed by atoms with Crippen molar-refractivity contribution in [1.29, 1.82) is 0 Å². The number of halogens is 1. The molecule has 106 valence electrons. The molecule has 1 aromatic rings. The molecule has 0 aliphatic carbocycles. The predicted octanol–water partition coefficient (Wildman–Crippen LogP) is 1.51. The van der Waals surface area contributed by atoms with E-state index in [-0.39, 0.29) is 11.7 Å². The second kappa shape index (κ2) is 6.52. The first-order valence-corrected chi connectivity index (χ1v) is 6.42. The number of rotatable bonds is 7. The summed E-state index contributed by atoms with van der Waals surface area (Å²) in [6, 6.07) is 6.44. The molecule has 5 heteroatoms. The first-order chi connectivity index (χ1) is 8.92. The zero-order chi connectivity index (χ0) is 14.5. The van der Waals surface area contributed by atoms with Gasteiger partial charge in [0.25, 0.3) is 0 Å². The number of hydrogen-bond donors (Lipinski definition) is 2. The van der Waals surface area contributed by atoms with Crippen LogP contribution in [0.15, 0.2) is 24.3 Å². The molecule has 19 heavy (non-hydrogen) atoms. The van der Waals surface area contributed by atoms with Crippen LogP contribution in [0.4, 0.5) is 10.1 Å². The summed E-state index contributed by atoms with van der Waals surface area (Å²) in [7, 11) is 1.71. The van der Waals surface area contributed by atoms with Gasteiger partial charge in [-0.3, -0.25) is 4.79 Å². The van der Waals surface area contributed by atoms with Crippen molar-refractivity contribution in [3.8, 4) is 0 Å². The van der Waals surface area contributed by atoms with Gasteiger partial charge in [-0.2, -0.15) is 0 Å². The Morgan fingerprint density at radius 1 is 1.53 bits per heavy atom. The average molecular weight is 267 g/mol. The smallest absolute Gasteiger partial charge is 0.237 e. The van der Waals surface area contributed by atoms with Crippen LogP contribution >= 0.6 is 0 Å². The lowest BCUT2D eigenvalue weighted by atomic mass is 9.97. The Morgan fingerprint density at radius 2 is 2.21 bits per heavy atom. The van der Waals surface area contributed by atoms with Crippen LogP contribution in [0.1, 0.15) is 20.3 Å². The molecule has 0 aliphatic rings. The van der Waals surface area contributed by atoms with Crippen molar-refractivity contribution >= 4 is 11.6 Å². The number of nitrogens with two attached hydrogens (primary N) is 1. The summed E-state index contributed by atoms with van der Waals surface area (Å²) in [5.74, 6) is -0.646. The lowest BCUT2D eigenvalue weighted by Crippen LogP contribution is -2.53. The van der Waals surface area contributed by atoms with Crippen LogP contribution in [0.3, 0.4) is 0 Å². The number of likely N-dealkylation sites (N-methyl/N-ethyl adjacent to an activating group) is 1. The van der Waals surface area contributed by atoms with Crippen LogP contribution in [0, 0.1) is 5.82 Å². The third-order valence-electron chi connectivity index (χ3n) is 3.53. The van der Waals surface area contributed by atoms with Crippen LogP contribution < -0.4 is 16.0 Å². The Bertz CT molecular complexity index is 438. The lowest BCUT2D eigenvalue weighted by molar-refractivity contribution is -0.123. The SMILES string of the molecule is CCN(CCC(C)(NC)C(N)=O)c1cccc(F)c1. The zero-order valence-electron chi connectivity index (χ0n) is 11.7. The average Bonchev–Trinajstić information content (AvgIpc) is 2.39. The van der Waals surface area contributed by atoms with Gasteiger partial charge in [-0.1, -0.05) is 6.07 Å². The maximum Gasteiger partial charge on any atom is 0.237 e. The lowest BCUT2D eigenvalue weighted by Gasteiger charge is -2.30. The van der Waals surface area contributed by atoms with Gasteiger partial charge in [0.2, 0.25) is 5.91 Å². The maximum absolute atomic E-state index is 13.2. The Hall–Kier alpha value is -1.62. The summed E-state index contributed by atoms with van der Waals surface area (Å²) in [6.45, 7) is 5.13. The molecule has 1 rings (SSSR count). The molecule has 0 saturated carbocycles. The molecular formula is C14H22FN3O. The monoisotopic (exact) mass is 267 g/mol. The highest BCUT2D eigenvalue weighted by atomic mass is 19.1. The highest BCUT2D eigenvalue weighted by Gasteiger charge is 2.29. The highest BCUT2D eigenvalue weighted by molar-refractivity contribution is 5.84. The molecule has 1 unspecified atom stereocenters. The second-order valence-corrected chi connectivity index (χ2v) is 4.76. The second-order valence-electron chi connectivity index (χ2n) is 4.76. The van der Waals surface area contributed by atoms with Gasteiger partial charge in [0, 0.05) is 18.8 Å². The Kier molecular flexibility index (Phi) is 5.30. The molecule has 0 aliphatic heterocycles. The molecule has 0 aromatic heterocycles. The van der Waals surface area contributed by atoms with Gasteiger partial charge < -0.3 is 16.0 Å². The van der Waals surface area contributed by atoms with Crippen LogP contribution in [0.25, 0.3) is 0 Å². The van der Waals surface area contributed by atoms with E-state index in [0.717, 1.165) is 12.2 Å². The van der Waals surface area contributed by atoms with Crippen molar-refractivity contribution in [3.63, 3.8) is 0 Å². The number of amides is 1. The highest BCUT2D eigenvalue weighted by Crippen LogP contribution is 2.18. The molecule has 1 atom stereocenters. The van der Waals surface area contributed by atoms with Gasteiger partial charge in [0.05, 0.1) is 5.54 Å². The topological polar surface area (TPSA) is 58.4 Å². The number of nitrogens with zero attached hydrogens (tertiary/aromatic N) is 1. The molecule has 0 heterocycles. The van der Waals surface area contributed by atoms with E-state index in [1.807, 2.05) is 17.9 Å². The van der Waals surface area contributed by atoms with Crippen LogP contribution in [0.2, 0.25) is 0 Å². The van der Waals surface area contributed by atoms with Crippen LogP contribution in [-0.2, 0) is 4.79 Å². The first kappa shape index (κ1) is 15.4. The zero-order valence-corrected chi connectivity index (χ0v) is 11.7. The number of carbonyl (C=O) groups is 1. The van der Waals surface area contributed by atoms with Gasteiger partial charge >= 0.3 is 0 Å². The van der Waals surface area contributed by atoms with Crippen molar-refractivity contribution in [2.45, 2.75) is 25.8 Å². The minimum absolute atomic E-state index is 0.262. The normalized spacial score (nSPS) is 13.9. The van der Waals surface area contributed by atoms with Crippen molar-refractivity contribution < 1.29 is 9.18 Å². The molecule has 4 nitrogen and oxygen atoms in total. The van der Waals surface area contributed by atoms with Gasteiger partial charge in [0.15, 0.2) is 0 Å². The van der Waals surface area contributed by atoms with E-state index in [1.54, 1.807) is 20.0 Å². The third kappa shape index (κ3) is 3.92. The number of nitrogens with one attached hydrogen (secondary N) is 1. The van der Waals surface area contributed by atoms with E-state index >= 15 is 0 Å². The van der Waals surface area contributed by atoms with Crippen LogP contribution in [-0.4, -0.2) is 31.6 Å². The minimum Gasteiger partial charge on any atom is -0.372 e. The fourth-order valence-corrected chi connectivity index (χ4v) is 1.87. The van der Waals surface area contributed by atoms with Gasteiger partial charge in [0.1, 0.15) is 5.82 Å². The molecule has 3 N–H and O–H groups in total.